The Labute approximate surface area is 202 Å². The van der Waals surface area contributed by atoms with E-state index in [9.17, 15) is 0 Å². The van der Waals surface area contributed by atoms with Crippen LogP contribution in [0.5, 0.6) is 0 Å². The van der Waals surface area contributed by atoms with Crippen LogP contribution in [0.2, 0.25) is 0 Å². The summed E-state index contributed by atoms with van der Waals surface area (Å²) in [6.07, 6.45) is 2.06. The van der Waals surface area contributed by atoms with Crippen LogP contribution < -0.4 is 0 Å². The van der Waals surface area contributed by atoms with Gasteiger partial charge in [-0.1, -0.05) is 78.9 Å². The molecule has 0 unspecified atom stereocenters. The van der Waals surface area contributed by atoms with E-state index in [4.69, 9.17) is 0 Å². The maximum Gasteiger partial charge on any atom is 0.0547 e. The molecule has 0 N–H and O–H groups in total. The first-order valence-electron chi connectivity index (χ1n) is 12.5. The molecule has 9 rings (SSSR count). The first-order valence-corrected chi connectivity index (χ1v) is 12.5. The van der Waals surface area contributed by atoms with Crippen LogP contribution >= 0.6 is 0 Å². The number of benzene rings is 5. The van der Waals surface area contributed by atoms with Gasteiger partial charge in [0.1, 0.15) is 0 Å². The molecule has 0 aliphatic heterocycles. The molecule has 35 heavy (non-hydrogen) atoms. The van der Waals surface area contributed by atoms with E-state index in [1.165, 1.54) is 82.6 Å². The van der Waals surface area contributed by atoms with Gasteiger partial charge in [-0.05, 0) is 87.0 Å². The Morgan fingerprint density at radius 3 is 2.17 bits per heavy atom. The Morgan fingerprint density at radius 1 is 0.457 bits per heavy atom. The lowest BCUT2D eigenvalue weighted by atomic mass is 9.95. The van der Waals surface area contributed by atoms with Crippen LogP contribution in [-0.4, -0.2) is 4.40 Å². The Hall–Kier alpha value is -4.36. The van der Waals surface area contributed by atoms with E-state index in [0.29, 0.717) is 0 Å². The smallest absolute Gasteiger partial charge is 0.0547 e. The van der Waals surface area contributed by atoms with Gasteiger partial charge >= 0.3 is 0 Å². The second kappa shape index (κ2) is 6.20. The molecule has 0 spiro atoms. The van der Waals surface area contributed by atoms with E-state index < -0.39 is 0 Å². The molecule has 0 amide bonds. The summed E-state index contributed by atoms with van der Waals surface area (Å²) in [5, 5.41) is 5.41. The minimum Gasteiger partial charge on any atom is -0.309 e. The van der Waals surface area contributed by atoms with Gasteiger partial charge in [-0.3, -0.25) is 0 Å². The fraction of sp³-hybridized carbons (Fsp3) is 0.0588. The third kappa shape index (κ3) is 2.19. The average Bonchev–Trinajstić information content (AvgIpc) is 3.58. The molecular weight excluding hydrogens is 422 g/mol. The molecule has 0 atom stereocenters. The highest BCUT2D eigenvalue weighted by Crippen LogP contribution is 2.48. The number of nitrogens with zero attached hydrogens (tertiary/aromatic N) is 1. The maximum atomic E-state index is 2.49. The third-order valence-corrected chi connectivity index (χ3v) is 8.39. The summed E-state index contributed by atoms with van der Waals surface area (Å²) in [5.74, 6) is 0. The quantitative estimate of drug-likeness (QED) is 0.207. The normalized spacial score (nSPS) is 13.5. The second-order valence-corrected chi connectivity index (χ2v) is 10.1. The van der Waals surface area contributed by atoms with Crippen LogP contribution in [0.15, 0.2) is 103 Å². The molecule has 1 nitrogen and oxygen atoms in total. The van der Waals surface area contributed by atoms with E-state index in [0.717, 1.165) is 12.8 Å². The zero-order valence-corrected chi connectivity index (χ0v) is 19.2. The van der Waals surface area contributed by atoms with Gasteiger partial charge in [0.2, 0.25) is 0 Å². The number of hydrogen-bond donors (Lipinski definition) is 0. The van der Waals surface area contributed by atoms with Crippen molar-refractivity contribution in [3.05, 3.63) is 125 Å². The van der Waals surface area contributed by atoms with Crippen molar-refractivity contribution in [2.45, 2.75) is 12.8 Å². The first-order chi connectivity index (χ1) is 17.3. The summed E-state index contributed by atoms with van der Waals surface area (Å²) in [7, 11) is 0. The highest BCUT2D eigenvalue weighted by atomic mass is 14.9. The zero-order chi connectivity index (χ0) is 22.7. The predicted molar refractivity (Wildman–Crippen MR) is 146 cm³/mol. The van der Waals surface area contributed by atoms with Gasteiger partial charge in [-0.25, -0.2) is 0 Å². The SMILES string of the molecule is c1ccc2c(c1)Cc1cc3c(cc1-2)-c1ccc2c(c1C3)c1ccccc1n1c3ccccc3cc21. The number of fused-ring (bicyclic) bond motifs is 15. The minimum atomic E-state index is 1.01. The van der Waals surface area contributed by atoms with Gasteiger partial charge < -0.3 is 4.40 Å². The number of aromatic nitrogens is 1. The van der Waals surface area contributed by atoms with E-state index in [-0.39, 0.29) is 0 Å². The van der Waals surface area contributed by atoms with Crippen molar-refractivity contribution in [3.63, 3.8) is 0 Å². The molecule has 2 aliphatic carbocycles. The van der Waals surface area contributed by atoms with Crippen LogP contribution in [0, 0.1) is 0 Å². The van der Waals surface area contributed by atoms with Gasteiger partial charge in [-0.15, -0.1) is 0 Å². The van der Waals surface area contributed by atoms with Crippen LogP contribution in [0.4, 0.5) is 0 Å². The number of pyridine rings is 1. The molecule has 2 aromatic heterocycles. The van der Waals surface area contributed by atoms with E-state index in [1.54, 1.807) is 0 Å². The number of hydrogen-bond acceptors (Lipinski definition) is 0. The van der Waals surface area contributed by atoms with Gasteiger partial charge in [0, 0.05) is 16.2 Å². The fourth-order valence-corrected chi connectivity index (χ4v) is 6.92. The standard InChI is InChI=1S/C34H21N/c1-3-9-24-20(7-1)15-22-16-23-17-30-25(29(23)19-28(22)24)13-14-27-33-18-21-8-2-5-11-31(21)35(33)32-12-6-4-10-26(32)34(27)30/h1-14,16,18-19H,15,17H2. The highest BCUT2D eigenvalue weighted by molar-refractivity contribution is 6.18. The van der Waals surface area contributed by atoms with Crippen LogP contribution in [0.25, 0.3) is 60.3 Å². The van der Waals surface area contributed by atoms with Crippen LogP contribution in [0.3, 0.4) is 0 Å². The lowest BCUT2D eigenvalue weighted by Crippen LogP contribution is -1.93. The van der Waals surface area contributed by atoms with Gasteiger partial charge in [0.05, 0.1) is 16.6 Å². The summed E-state index contributed by atoms with van der Waals surface area (Å²) in [6, 6.07) is 38.7. The average molecular weight is 444 g/mol. The Morgan fingerprint density at radius 2 is 1.20 bits per heavy atom. The molecule has 0 bridgehead atoms. The first kappa shape index (κ1) is 18.0. The Bertz CT molecular complexity index is 2050. The molecule has 2 aliphatic rings. The summed E-state index contributed by atoms with van der Waals surface area (Å²) < 4.78 is 2.45. The summed E-state index contributed by atoms with van der Waals surface area (Å²) in [4.78, 5) is 0. The molecule has 0 radical (unpaired) electrons. The van der Waals surface area contributed by atoms with Crippen molar-refractivity contribution in [1.29, 1.82) is 0 Å². The van der Waals surface area contributed by atoms with Crippen LogP contribution in [-0.2, 0) is 12.8 Å². The molecule has 0 saturated heterocycles. The molecule has 7 aromatic rings. The van der Waals surface area contributed by atoms with Crippen molar-refractivity contribution in [1.82, 2.24) is 4.40 Å². The highest BCUT2D eigenvalue weighted by Gasteiger charge is 2.27. The van der Waals surface area contributed by atoms with E-state index in [1.807, 2.05) is 0 Å². The minimum absolute atomic E-state index is 1.01. The number of para-hydroxylation sites is 2. The zero-order valence-electron chi connectivity index (χ0n) is 19.2. The summed E-state index contributed by atoms with van der Waals surface area (Å²) >= 11 is 0. The van der Waals surface area contributed by atoms with Crippen molar-refractivity contribution in [2.75, 3.05) is 0 Å². The van der Waals surface area contributed by atoms with Gasteiger partial charge in [-0.2, -0.15) is 0 Å². The summed E-state index contributed by atoms with van der Waals surface area (Å²) in [6.45, 7) is 0. The van der Waals surface area contributed by atoms with Gasteiger partial charge in [0.25, 0.3) is 0 Å². The van der Waals surface area contributed by atoms with Gasteiger partial charge in [0.15, 0.2) is 0 Å². The predicted octanol–water partition coefficient (Wildman–Crippen LogP) is 8.54. The Kier molecular flexibility index (Phi) is 3.19. The molecule has 2 heterocycles. The molecule has 5 aromatic carbocycles. The van der Waals surface area contributed by atoms with Crippen molar-refractivity contribution in [2.24, 2.45) is 0 Å². The lowest BCUT2D eigenvalue weighted by Gasteiger charge is -2.13. The van der Waals surface area contributed by atoms with Crippen molar-refractivity contribution >= 4 is 38.1 Å². The molecule has 0 fully saturated rings. The molecule has 162 valence electrons. The fourth-order valence-electron chi connectivity index (χ4n) is 6.92. The van der Waals surface area contributed by atoms with Crippen molar-refractivity contribution < 1.29 is 0 Å². The van der Waals surface area contributed by atoms with Crippen LogP contribution in [0.1, 0.15) is 22.3 Å². The maximum absolute atomic E-state index is 2.49. The molecular formula is C34H21N. The molecule has 1 heteroatoms. The third-order valence-electron chi connectivity index (χ3n) is 8.39. The Balaban J connectivity index is 1.40. The lowest BCUT2D eigenvalue weighted by molar-refractivity contribution is 1.22. The number of rotatable bonds is 0. The molecule has 0 saturated carbocycles. The summed E-state index contributed by atoms with van der Waals surface area (Å²) in [5.41, 5.74) is 15.4. The van der Waals surface area contributed by atoms with E-state index >= 15 is 0 Å². The second-order valence-electron chi connectivity index (χ2n) is 10.1. The topological polar surface area (TPSA) is 4.41 Å². The largest absolute Gasteiger partial charge is 0.309 e. The monoisotopic (exact) mass is 443 g/mol. The van der Waals surface area contributed by atoms with E-state index in [2.05, 4.69) is 108 Å². The van der Waals surface area contributed by atoms with Crippen molar-refractivity contribution in [3.8, 4) is 22.3 Å².